The predicted molar refractivity (Wildman–Crippen MR) is 114 cm³/mol. The minimum Gasteiger partial charge on any atom is -0.497 e. The van der Waals surface area contributed by atoms with Gasteiger partial charge in [0.25, 0.3) is 0 Å². The summed E-state index contributed by atoms with van der Waals surface area (Å²) in [4.78, 5) is 13.1. The first-order valence-corrected chi connectivity index (χ1v) is 9.98. The van der Waals surface area contributed by atoms with Gasteiger partial charge in [-0.25, -0.2) is 4.79 Å². The maximum absolute atomic E-state index is 10.6. The summed E-state index contributed by atoms with van der Waals surface area (Å²) in [5, 5.41) is 12.8. The van der Waals surface area contributed by atoms with Gasteiger partial charge in [-0.15, -0.1) is 0 Å². The minimum atomic E-state index is -5.08. The van der Waals surface area contributed by atoms with Gasteiger partial charge in [0.05, 0.1) is 7.11 Å². The van der Waals surface area contributed by atoms with Crippen molar-refractivity contribution in [2.75, 3.05) is 20.2 Å². The molecule has 6 nitrogen and oxygen atoms in total. The maximum atomic E-state index is 10.6. The lowest BCUT2D eigenvalue weighted by atomic mass is 9.98. The third kappa shape index (κ3) is 5.88. The first-order chi connectivity index (χ1) is 15.3. The fourth-order valence-electron chi connectivity index (χ4n) is 3.40. The fourth-order valence-corrected chi connectivity index (χ4v) is 3.40. The number of nitrogens with zero attached hydrogens (tertiary/aromatic N) is 1. The normalized spacial score (nSPS) is 14.4. The van der Waals surface area contributed by atoms with Crippen molar-refractivity contribution < 1.29 is 32.5 Å². The smallest absolute Gasteiger partial charge is 0.490 e. The van der Waals surface area contributed by atoms with E-state index in [2.05, 4.69) is 40.6 Å². The third-order valence-electron chi connectivity index (χ3n) is 4.98. The summed E-state index contributed by atoms with van der Waals surface area (Å²) in [6.45, 7) is 2.03. The Hall–Kier alpha value is -3.33. The molecule has 1 aliphatic heterocycles. The lowest BCUT2D eigenvalue weighted by molar-refractivity contribution is -0.192. The van der Waals surface area contributed by atoms with Crippen LogP contribution in [-0.2, 0) is 4.79 Å². The topological polar surface area (TPSA) is 80.7 Å². The highest BCUT2D eigenvalue weighted by Crippen LogP contribution is 2.38. The first kappa shape index (κ1) is 23.3. The Morgan fingerprint density at radius 2 is 1.75 bits per heavy atom. The second-order valence-corrected chi connectivity index (χ2v) is 7.13. The van der Waals surface area contributed by atoms with Crippen molar-refractivity contribution >= 4 is 16.7 Å². The number of ether oxygens (including phenoxy) is 2. The zero-order chi connectivity index (χ0) is 23.1. The van der Waals surface area contributed by atoms with E-state index in [1.807, 2.05) is 24.5 Å². The summed E-state index contributed by atoms with van der Waals surface area (Å²) in [7, 11) is 1.68. The van der Waals surface area contributed by atoms with Gasteiger partial charge >= 0.3 is 12.1 Å². The van der Waals surface area contributed by atoms with Crippen molar-refractivity contribution in [2.24, 2.45) is 0 Å². The highest BCUT2D eigenvalue weighted by Gasteiger charge is 2.38. The molecule has 1 aromatic heterocycles. The lowest BCUT2D eigenvalue weighted by Gasteiger charge is -2.25. The van der Waals surface area contributed by atoms with Crippen LogP contribution in [0.25, 0.3) is 21.9 Å². The number of rotatable bonds is 4. The van der Waals surface area contributed by atoms with E-state index in [0.717, 1.165) is 59.3 Å². The number of pyridine rings is 1. The number of nitrogens with one attached hydrogen (secondary N) is 1. The highest BCUT2D eigenvalue weighted by atomic mass is 19.4. The van der Waals surface area contributed by atoms with Gasteiger partial charge in [0.1, 0.15) is 17.6 Å². The Balaban J connectivity index is 0.000000360. The van der Waals surface area contributed by atoms with E-state index in [0.29, 0.717) is 0 Å². The number of piperidine rings is 1. The lowest BCUT2D eigenvalue weighted by Crippen LogP contribution is -2.34. The van der Waals surface area contributed by atoms with Crippen LogP contribution in [0.2, 0.25) is 0 Å². The molecule has 1 fully saturated rings. The molecule has 4 rings (SSSR count). The molecular weight excluding hydrogens is 425 g/mol. The molecule has 1 saturated heterocycles. The predicted octanol–water partition coefficient (Wildman–Crippen LogP) is 4.67. The largest absolute Gasteiger partial charge is 0.497 e. The van der Waals surface area contributed by atoms with E-state index in [4.69, 9.17) is 19.4 Å². The van der Waals surface area contributed by atoms with E-state index in [1.165, 1.54) is 0 Å². The standard InChI is InChI=1S/C21H22N2O2.C2HF3O2/c1-24-17-5-2-15(3-6-17)21-19-10-13-23-14-16(19)4-7-20(21)25-18-8-11-22-12-9-18;3-2(4,5)1(6)7/h2-7,10,13-14,18,22H,8-9,11-12H2,1H3;(H,6,7). The molecule has 2 N–H and O–H groups in total. The summed E-state index contributed by atoms with van der Waals surface area (Å²) in [6, 6.07) is 14.4. The second kappa shape index (κ2) is 10.3. The van der Waals surface area contributed by atoms with Gasteiger partial charge in [0, 0.05) is 23.3 Å². The molecule has 9 heteroatoms. The van der Waals surface area contributed by atoms with E-state index in [1.54, 1.807) is 7.11 Å². The number of methoxy groups -OCH3 is 1. The molecule has 0 radical (unpaired) electrons. The van der Waals surface area contributed by atoms with Crippen LogP contribution in [0.15, 0.2) is 54.9 Å². The van der Waals surface area contributed by atoms with Gasteiger partial charge in [0.2, 0.25) is 0 Å². The molecule has 3 aromatic rings. The molecule has 0 spiro atoms. The van der Waals surface area contributed by atoms with E-state index < -0.39 is 12.1 Å². The van der Waals surface area contributed by atoms with Crippen LogP contribution in [0, 0.1) is 0 Å². The number of aromatic nitrogens is 1. The average Bonchev–Trinajstić information content (AvgIpc) is 2.79. The van der Waals surface area contributed by atoms with Crippen LogP contribution in [0.1, 0.15) is 12.8 Å². The molecule has 0 bridgehead atoms. The Kier molecular flexibility index (Phi) is 7.53. The molecule has 0 atom stereocenters. The van der Waals surface area contributed by atoms with Crippen molar-refractivity contribution in [1.29, 1.82) is 0 Å². The van der Waals surface area contributed by atoms with Gasteiger partial charge in [0.15, 0.2) is 0 Å². The Bertz CT molecular complexity index is 1050. The van der Waals surface area contributed by atoms with Crippen LogP contribution in [0.5, 0.6) is 11.5 Å². The number of carboxylic acids is 1. The summed E-state index contributed by atoms with van der Waals surface area (Å²) >= 11 is 0. The number of alkyl halides is 3. The van der Waals surface area contributed by atoms with Crippen molar-refractivity contribution in [1.82, 2.24) is 10.3 Å². The Labute approximate surface area is 183 Å². The number of aliphatic carboxylic acids is 1. The molecule has 1 aliphatic rings. The molecule has 0 amide bonds. The number of hydrogen-bond donors (Lipinski definition) is 2. The fraction of sp³-hybridized carbons (Fsp3) is 0.304. The van der Waals surface area contributed by atoms with Crippen LogP contribution < -0.4 is 14.8 Å². The van der Waals surface area contributed by atoms with Crippen molar-refractivity contribution in [3.8, 4) is 22.6 Å². The van der Waals surface area contributed by atoms with Gasteiger partial charge in [-0.3, -0.25) is 4.98 Å². The molecule has 2 heterocycles. The molecule has 170 valence electrons. The first-order valence-electron chi connectivity index (χ1n) is 9.98. The van der Waals surface area contributed by atoms with Gasteiger partial charge in [-0.1, -0.05) is 12.1 Å². The van der Waals surface area contributed by atoms with Crippen molar-refractivity contribution in [2.45, 2.75) is 25.1 Å². The molecule has 0 aliphatic carbocycles. The van der Waals surface area contributed by atoms with E-state index in [9.17, 15) is 13.2 Å². The molecule has 2 aromatic carbocycles. The van der Waals surface area contributed by atoms with Crippen LogP contribution in [0.3, 0.4) is 0 Å². The Morgan fingerprint density at radius 1 is 1.09 bits per heavy atom. The zero-order valence-corrected chi connectivity index (χ0v) is 17.4. The van der Waals surface area contributed by atoms with Crippen molar-refractivity contribution in [3.63, 3.8) is 0 Å². The SMILES string of the molecule is COc1ccc(-c2c(OC3CCNCC3)ccc3cnccc23)cc1.O=C(O)C(F)(F)F. The van der Waals surface area contributed by atoms with Gasteiger partial charge in [-0.2, -0.15) is 13.2 Å². The van der Waals surface area contributed by atoms with Gasteiger partial charge < -0.3 is 19.9 Å². The molecule has 0 saturated carbocycles. The van der Waals surface area contributed by atoms with E-state index in [-0.39, 0.29) is 6.10 Å². The number of carboxylic acid groups (broad SMARTS) is 1. The maximum Gasteiger partial charge on any atom is 0.490 e. The van der Waals surface area contributed by atoms with Crippen molar-refractivity contribution in [3.05, 3.63) is 54.9 Å². The zero-order valence-electron chi connectivity index (χ0n) is 17.4. The molecule has 0 unspecified atom stereocenters. The number of fused-ring (bicyclic) bond motifs is 1. The number of benzene rings is 2. The summed E-state index contributed by atoms with van der Waals surface area (Å²) in [5.74, 6) is -0.963. The van der Waals surface area contributed by atoms with Crippen LogP contribution >= 0.6 is 0 Å². The highest BCUT2D eigenvalue weighted by molar-refractivity contribution is 5.99. The summed E-state index contributed by atoms with van der Waals surface area (Å²) in [5.41, 5.74) is 2.25. The Morgan fingerprint density at radius 3 is 2.34 bits per heavy atom. The summed E-state index contributed by atoms with van der Waals surface area (Å²) in [6.07, 6.45) is 0.991. The quantitative estimate of drug-likeness (QED) is 0.604. The monoisotopic (exact) mass is 448 g/mol. The molecule has 32 heavy (non-hydrogen) atoms. The number of hydrogen-bond acceptors (Lipinski definition) is 5. The third-order valence-corrected chi connectivity index (χ3v) is 4.98. The minimum absolute atomic E-state index is 0.262. The second-order valence-electron chi connectivity index (χ2n) is 7.13. The average molecular weight is 448 g/mol. The number of halogens is 3. The van der Waals surface area contributed by atoms with Crippen LogP contribution in [0.4, 0.5) is 13.2 Å². The summed E-state index contributed by atoms with van der Waals surface area (Å²) < 4.78 is 43.4. The molecular formula is C23H23F3N2O4. The number of carbonyl (C=O) groups is 1. The van der Waals surface area contributed by atoms with Crippen LogP contribution in [-0.4, -0.2) is 48.5 Å². The van der Waals surface area contributed by atoms with Gasteiger partial charge in [-0.05, 0) is 67.2 Å². The van der Waals surface area contributed by atoms with E-state index >= 15 is 0 Å².